The minimum atomic E-state index is -0.0381. The Labute approximate surface area is 153 Å². The molecule has 2 aromatic carbocycles. The van der Waals surface area contributed by atoms with E-state index in [1.807, 2.05) is 25.2 Å². The molecule has 0 saturated heterocycles. The first-order valence-corrected chi connectivity index (χ1v) is 9.00. The predicted octanol–water partition coefficient (Wildman–Crippen LogP) is 2.88. The molecule has 0 unspecified atom stereocenters. The van der Waals surface area contributed by atoms with Gasteiger partial charge in [0.15, 0.2) is 0 Å². The van der Waals surface area contributed by atoms with Crippen LogP contribution in [0, 0.1) is 0 Å². The molecule has 5 heteroatoms. The van der Waals surface area contributed by atoms with Crippen molar-refractivity contribution in [2.75, 3.05) is 33.9 Å². The van der Waals surface area contributed by atoms with Gasteiger partial charge in [0.05, 0.1) is 25.9 Å². The quantitative estimate of drug-likeness (QED) is 0.829. The first kappa shape index (κ1) is 16.8. The standard InChI is InChI=1S/C21H23NO4/c1-22(21(23)17-5-3-4-6-18(17)24-2)10-7-16-15-9-12-25-19(15)13-14-8-11-26-20(14)16/h3-6,13H,7-12H2,1-2H3. The van der Waals surface area contributed by atoms with Crippen LogP contribution in [0.3, 0.4) is 0 Å². The van der Waals surface area contributed by atoms with E-state index in [0.29, 0.717) is 17.9 Å². The monoisotopic (exact) mass is 353 g/mol. The number of benzene rings is 2. The molecule has 136 valence electrons. The van der Waals surface area contributed by atoms with Crippen LogP contribution in [-0.2, 0) is 19.3 Å². The van der Waals surface area contributed by atoms with Crippen LogP contribution in [0.25, 0.3) is 0 Å². The molecule has 0 radical (unpaired) electrons. The minimum Gasteiger partial charge on any atom is -0.496 e. The molecule has 0 spiro atoms. The van der Waals surface area contributed by atoms with Gasteiger partial charge in [0.25, 0.3) is 5.91 Å². The van der Waals surface area contributed by atoms with Crippen LogP contribution in [0.5, 0.6) is 17.2 Å². The van der Waals surface area contributed by atoms with Crippen molar-refractivity contribution in [3.63, 3.8) is 0 Å². The lowest BCUT2D eigenvalue weighted by molar-refractivity contribution is 0.0793. The van der Waals surface area contributed by atoms with Gasteiger partial charge < -0.3 is 19.1 Å². The van der Waals surface area contributed by atoms with E-state index < -0.39 is 0 Å². The van der Waals surface area contributed by atoms with Crippen molar-refractivity contribution >= 4 is 5.91 Å². The molecule has 0 saturated carbocycles. The largest absolute Gasteiger partial charge is 0.496 e. The molecule has 0 N–H and O–H groups in total. The van der Waals surface area contributed by atoms with E-state index in [1.54, 1.807) is 18.1 Å². The number of hydrogen-bond acceptors (Lipinski definition) is 4. The topological polar surface area (TPSA) is 48.0 Å². The average Bonchev–Trinajstić information content (AvgIpc) is 3.33. The highest BCUT2D eigenvalue weighted by molar-refractivity contribution is 5.96. The summed E-state index contributed by atoms with van der Waals surface area (Å²) in [5.41, 5.74) is 4.25. The zero-order chi connectivity index (χ0) is 18.1. The van der Waals surface area contributed by atoms with Crippen LogP contribution in [0.4, 0.5) is 0 Å². The minimum absolute atomic E-state index is 0.0381. The van der Waals surface area contributed by atoms with Gasteiger partial charge in [-0.1, -0.05) is 12.1 Å². The Hall–Kier alpha value is -2.69. The summed E-state index contributed by atoms with van der Waals surface area (Å²) in [6, 6.07) is 9.45. The van der Waals surface area contributed by atoms with E-state index in [4.69, 9.17) is 14.2 Å². The SMILES string of the molecule is COc1ccccc1C(=O)N(C)CCc1c2c(cc3c1OCC3)OCC2. The Bertz CT molecular complexity index is 814. The lowest BCUT2D eigenvalue weighted by Gasteiger charge is -2.20. The normalized spacial score (nSPS) is 14.2. The number of amides is 1. The summed E-state index contributed by atoms with van der Waals surface area (Å²) in [4.78, 5) is 14.5. The first-order chi connectivity index (χ1) is 12.7. The van der Waals surface area contributed by atoms with E-state index in [2.05, 4.69) is 6.07 Å². The molecule has 5 nitrogen and oxygen atoms in total. The van der Waals surface area contributed by atoms with Crippen LogP contribution in [0.15, 0.2) is 30.3 Å². The zero-order valence-electron chi connectivity index (χ0n) is 15.2. The molecule has 4 rings (SSSR count). The van der Waals surface area contributed by atoms with Gasteiger partial charge in [-0.15, -0.1) is 0 Å². The number of para-hydroxylation sites is 1. The summed E-state index contributed by atoms with van der Waals surface area (Å²) in [6.45, 7) is 2.06. The van der Waals surface area contributed by atoms with Crippen molar-refractivity contribution in [2.45, 2.75) is 19.3 Å². The number of rotatable bonds is 5. The number of carbonyl (C=O) groups is 1. The predicted molar refractivity (Wildman–Crippen MR) is 98.5 cm³/mol. The number of ether oxygens (including phenoxy) is 3. The molecular weight excluding hydrogens is 330 g/mol. The second kappa shape index (κ2) is 6.90. The van der Waals surface area contributed by atoms with E-state index in [9.17, 15) is 4.79 Å². The Kier molecular flexibility index (Phi) is 4.45. The molecule has 2 heterocycles. The second-order valence-corrected chi connectivity index (χ2v) is 6.69. The van der Waals surface area contributed by atoms with Crippen LogP contribution >= 0.6 is 0 Å². The molecule has 1 amide bonds. The van der Waals surface area contributed by atoms with Crippen LogP contribution < -0.4 is 14.2 Å². The Morgan fingerprint density at radius 2 is 2.00 bits per heavy atom. The molecule has 2 aliphatic heterocycles. The Morgan fingerprint density at radius 3 is 2.85 bits per heavy atom. The molecule has 0 aliphatic carbocycles. The van der Waals surface area contributed by atoms with E-state index in [0.717, 1.165) is 44.0 Å². The van der Waals surface area contributed by atoms with Crippen LogP contribution in [0.2, 0.25) is 0 Å². The summed E-state index contributed by atoms with van der Waals surface area (Å²) < 4.78 is 17.0. The lowest BCUT2D eigenvalue weighted by Crippen LogP contribution is -2.29. The fourth-order valence-electron chi connectivity index (χ4n) is 3.76. The smallest absolute Gasteiger partial charge is 0.257 e. The summed E-state index contributed by atoms with van der Waals surface area (Å²) >= 11 is 0. The summed E-state index contributed by atoms with van der Waals surface area (Å²) in [7, 11) is 3.41. The third-order valence-corrected chi connectivity index (χ3v) is 5.14. The number of nitrogens with zero attached hydrogens (tertiary/aromatic N) is 1. The second-order valence-electron chi connectivity index (χ2n) is 6.69. The maximum Gasteiger partial charge on any atom is 0.257 e. The molecule has 0 atom stereocenters. The van der Waals surface area contributed by atoms with Gasteiger partial charge in [0.1, 0.15) is 17.2 Å². The zero-order valence-corrected chi connectivity index (χ0v) is 15.2. The molecule has 2 aromatic rings. The van der Waals surface area contributed by atoms with Crippen molar-refractivity contribution in [2.24, 2.45) is 0 Å². The van der Waals surface area contributed by atoms with Gasteiger partial charge in [-0.05, 0) is 24.6 Å². The van der Waals surface area contributed by atoms with Crippen molar-refractivity contribution < 1.29 is 19.0 Å². The highest BCUT2D eigenvalue weighted by atomic mass is 16.5. The third kappa shape index (κ3) is 2.87. The van der Waals surface area contributed by atoms with E-state index >= 15 is 0 Å². The van der Waals surface area contributed by atoms with Crippen LogP contribution in [-0.4, -0.2) is 44.7 Å². The van der Waals surface area contributed by atoms with E-state index in [1.165, 1.54) is 16.7 Å². The fourth-order valence-corrected chi connectivity index (χ4v) is 3.76. The van der Waals surface area contributed by atoms with Gasteiger partial charge in [0.2, 0.25) is 0 Å². The average molecular weight is 353 g/mol. The molecule has 0 fully saturated rings. The Morgan fingerprint density at radius 1 is 1.19 bits per heavy atom. The van der Waals surface area contributed by atoms with Gasteiger partial charge >= 0.3 is 0 Å². The van der Waals surface area contributed by atoms with Gasteiger partial charge in [-0.2, -0.15) is 0 Å². The van der Waals surface area contributed by atoms with Gasteiger partial charge in [0, 0.05) is 43.1 Å². The Balaban J connectivity index is 1.54. The lowest BCUT2D eigenvalue weighted by atomic mass is 9.97. The van der Waals surface area contributed by atoms with Crippen molar-refractivity contribution in [3.05, 3.63) is 52.6 Å². The van der Waals surface area contributed by atoms with Gasteiger partial charge in [-0.3, -0.25) is 4.79 Å². The van der Waals surface area contributed by atoms with Crippen molar-refractivity contribution in [1.29, 1.82) is 0 Å². The highest BCUT2D eigenvalue weighted by Crippen LogP contribution is 2.40. The first-order valence-electron chi connectivity index (χ1n) is 9.00. The van der Waals surface area contributed by atoms with Crippen molar-refractivity contribution in [1.82, 2.24) is 4.90 Å². The maximum absolute atomic E-state index is 12.8. The number of methoxy groups -OCH3 is 1. The van der Waals surface area contributed by atoms with Crippen LogP contribution in [0.1, 0.15) is 27.0 Å². The highest BCUT2D eigenvalue weighted by Gasteiger charge is 2.27. The van der Waals surface area contributed by atoms with E-state index in [-0.39, 0.29) is 5.91 Å². The third-order valence-electron chi connectivity index (χ3n) is 5.14. The molecule has 0 aromatic heterocycles. The summed E-state index contributed by atoms with van der Waals surface area (Å²) in [5, 5.41) is 0. The maximum atomic E-state index is 12.8. The molecule has 2 aliphatic rings. The number of hydrogen-bond donors (Lipinski definition) is 0. The molecular formula is C21H23NO4. The summed E-state index contributed by atoms with van der Waals surface area (Å²) in [5.74, 6) is 2.56. The molecule has 0 bridgehead atoms. The van der Waals surface area contributed by atoms with Crippen molar-refractivity contribution in [3.8, 4) is 17.2 Å². The number of fused-ring (bicyclic) bond motifs is 2. The molecule has 26 heavy (non-hydrogen) atoms. The number of carbonyl (C=O) groups excluding carboxylic acids is 1. The van der Waals surface area contributed by atoms with Gasteiger partial charge in [-0.25, -0.2) is 0 Å². The number of likely N-dealkylation sites (N-methyl/N-ethyl adjacent to an activating group) is 1. The summed E-state index contributed by atoms with van der Waals surface area (Å²) in [6.07, 6.45) is 2.59. The fraction of sp³-hybridized carbons (Fsp3) is 0.381.